The van der Waals surface area contributed by atoms with Gasteiger partial charge in [-0.1, -0.05) is 11.6 Å². The normalized spacial score (nSPS) is 16.3. The number of benzene rings is 2. The van der Waals surface area contributed by atoms with Crippen molar-refractivity contribution in [3.63, 3.8) is 0 Å². The van der Waals surface area contributed by atoms with Crippen molar-refractivity contribution in [2.45, 2.75) is 34.7 Å². The molecule has 200 valence electrons. The van der Waals surface area contributed by atoms with Gasteiger partial charge >= 0.3 is 227 Å². The van der Waals surface area contributed by atoms with Crippen molar-refractivity contribution in [3.05, 3.63) is 112 Å². The van der Waals surface area contributed by atoms with E-state index in [2.05, 4.69) is 38.5 Å². The molecule has 5 rings (SSSR count). The molecule has 0 saturated heterocycles. The number of pyridine rings is 1. The van der Waals surface area contributed by atoms with E-state index in [4.69, 9.17) is 22.1 Å². The first-order valence-electron chi connectivity index (χ1n) is 12.7. The Morgan fingerprint density at radius 1 is 1.08 bits per heavy atom. The molecule has 0 aliphatic carbocycles. The number of carbonyl (C=O) groups is 2. The third-order valence-corrected chi connectivity index (χ3v) is 11.1. The fourth-order valence-corrected chi connectivity index (χ4v) is 8.85. The van der Waals surface area contributed by atoms with Gasteiger partial charge in [-0.15, -0.1) is 0 Å². The Balaban J connectivity index is 1.36. The summed E-state index contributed by atoms with van der Waals surface area (Å²) >= 11 is 5.39. The van der Waals surface area contributed by atoms with Crippen molar-refractivity contribution in [1.82, 2.24) is 20.3 Å². The van der Waals surface area contributed by atoms with Gasteiger partial charge < -0.3 is 0 Å². The second-order valence-electron chi connectivity index (χ2n) is 9.46. The Morgan fingerprint density at radius 2 is 1.85 bits per heavy atom. The van der Waals surface area contributed by atoms with Crippen LogP contribution in [0.15, 0.2) is 79.5 Å². The van der Waals surface area contributed by atoms with Gasteiger partial charge in [0.15, 0.2) is 0 Å². The van der Waals surface area contributed by atoms with E-state index in [0.717, 1.165) is 29.7 Å². The number of H-pyrrole nitrogens is 1. The number of nitrogens with two attached hydrogens (primary N) is 1. The molecule has 0 radical (unpaired) electrons. The molecule has 0 spiro atoms. The van der Waals surface area contributed by atoms with Crippen LogP contribution in [-0.4, -0.2) is 55.2 Å². The molecular weight excluding hydrogens is 577 g/mol. The maximum atomic E-state index is 13.4. The van der Waals surface area contributed by atoms with Crippen LogP contribution in [0.3, 0.4) is 0 Å². The summed E-state index contributed by atoms with van der Waals surface area (Å²) in [5.74, 6) is -0.392. The van der Waals surface area contributed by atoms with Gasteiger partial charge in [0.2, 0.25) is 0 Å². The number of halogens is 1. The number of hydrogen-bond acceptors (Lipinski definition) is 5. The average Bonchev–Trinajstić information content (AvgIpc) is 3.49. The minimum atomic E-state index is -0.868. The summed E-state index contributed by atoms with van der Waals surface area (Å²) in [7, 11) is 0. The fraction of sp³-hybridized carbons (Fsp3) is 0.241. The number of carbonyl (C=O) groups excluding carboxylic acids is 2. The summed E-state index contributed by atoms with van der Waals surface area (Å²) in [6.07, 6.45) is 9.32. The first kappa shape index (κ1) is 27.0. The van der Waals surface area contributed by atoms with Crippen LogP contribution < -0.4 is 15.8 Å². The number of nitrogens with one attached hydrogen (secondary N) is 2. The number of fused-ring (bicyclic) bond motifs is 1. The zero-order valence-corrected chi connectivity index (χ0v) is 24.0. The van der Waals surface area contributed by atoms with E-state index in [1.807, 2.05) is 36.8 Å². The Bertz CT molecular complexity index is 1420. The summed E-state index contributed by atoms with van der Waals surface area (Å²) in [5, 5.41) is 3.42. The molecule has 3 unspecified atom stereocenters. The van der Waals surface area contributed by atoms with Crippen molar-refractivity contribution in [3.8, 4) is 5.75 Å². The van der Waals surface area contributed by atoms with Crippen molar-refractivity contribution < 1.29 is 14.3 Å². The predicted molar refractivity (Wildman–Crippen MR) is 151 cm³/mol. The molecule has 3 heterocycles. The molecule has 0 bridgehead atoms. The number of imidazole rings is 1. The molecule has 0 fully saturated rings. The molecule has 2 amide bonds. The molecule has 4 aromatic rings. The molecule has 4 N–H and O–H groups in total. The molecular formula is C29H29AsClN5O3. The molecule has 4 atom stereocenters. The molecule has 2 aromatic carbocycles. The number of aromatic amines is 1. The zero-order valence-electron chi connectivity index (χ0n) is 21.1. The average molecular weight is 606 g/mol. The molecule has 39 heavy (non-hydrogen) atoms. The van der Waals surface area contributed by atoms with E-state index < -0.39 is 27.7 Å². The van der Waals surface area contributed by atoms with Gasteiger partial charge in [0.25, 0.3) is 0 Å². The summed E-state index contributed by atoms with van der Waals surface area (Å²) in [5.41, 5.74) is 10.3. The van der Waals surface area contributed by atoms with Gasteiger partial charge in [-0.2, -0.15) is 0 Å². The van der Waals surface area contributed by atoms with Gasteiger partial charge in [-0.05, 0) is 0 Å². The van der Waals surface area contributed by atoms with Crippen molar-refractivity contribution in [1.29, 1.82) is 0 Å². The molecule has 1 aliphatic rings. The Morgan fingerprint density at radius 3 is 2.56 bits per heavy atom. The SMILES string of the molecule is NC(=O)[C@H](Cc1ccc(Cl)cc1)NC(=O)c1cccc2c1OCCC2[AsH]C(Cc1ccncc1)c1cnc[nH]1. The van der Waals surface area contributed by atoms with Crippen LogP contribution in [0.2, 0.25) is 5.02 Å². The number of amides is 2. The summed E-state index contributed by atoms with van der Waals surface area (Å²) in [6.45, 7) is 0.528. The Kier molecular flexibility index (Phi) is 8.64. The minimum absolute atomic E-state index is 0.268. The Hall–Kier alpha value is -3.61. The second kappa shape index (κ2) is 12.5. The zero-order chi connectivity index (χ0) is 27.2. The van der Waals surface area contributed by atoms with Crippen molar-refractivity contribution in [2.75, 3.05) is 6.61 Å². The van der Waals surface area contributed by atoms with Crippen LogP contribution in [0.5, 0.6) is 5.75 Å². The number of hydrogen-bond donors (Lipinski definition) is 3. The van der Waals surface area contributed by atoms with Gasteiger partial charge in [-0.25, -0.2) is 0 Å². The van der Waals surface area contributed by atoms with Gasteiger partial charge in [0.1, 0.15) is 0 Å². The van der Waals surface area contributed by atoms with Gasteiger partial charge in [0, 0.05) is 0 Å². The van der Waals surface area contributed by atoms with E-state index >= 15 is 0 Å². The third kappa shape index (κ3) is 6.70. The number of nitrogens with zero attached hydrogens (tertiary/aromatic N) is 2. The number of primary amides is 1. The predicted octanol–water partition coefficient (Wildman–Crippen LogP) is 3.53. The Labute approximate surface area is 238 Å². The van der Waals surface area contributed by atoms with Crippen LogP contribution in [0.25, 0.3) is 0 Å². The number of aromatic nitrogens is 3. The molecule has 2 aromatic heterocycles. The van der Waals surface area contributed by atoms with Crippen LogP contribution in [-0.2, 0) is 17.6 Å². The number of para-hydroxylation sites is 1. The van der Waals surface area contributed by atoms with Crippen LogP contribution in [0.4, 0.5) is 0 Å². The standard InChI is InChI=1S/C29H29AsClN5O3/c31-20-6-4-18(5-7-20)15-25(28(32)37)36-29(38)22-3-1-2-21-23(10-13-39-27(21)22)30-24(26-16-34-17-35-26)14-19-8-11-33-12-9-19/h1-9,11-12,16-17,23-25,30H,10,13-15H2,(H2,32,37)(H,34,35)(H,36,38)/t23?,24?,25-/m0/s1. The first-order chi connectivity index (χ1) is 19.0. The van der Waals surface area contributed by atoms with E-state index in [1.165, 1.54) is 5.56 Å². The van der Waals surface area contributed by atoms with E-state index in [9.17, 15) is 9.59 Å². The van der Waals surface area contributed by atoms with Crippen molar-refractivity contribution in [2.24, 2.45) is 5.73 Å². The first-order valence-corrected chi connectivity index (χ1v) is 15.5. The number of ether oxygens (including phenoxy) is 1. The van der Waals surface area contributed by atoms with E-state index in [1.54, 1.807) is 24.5 Å². The molecule has 0 saturated carbocycles. The quantitative estimate of drug-likeness (QED) is 0.239. The maximum absolute atomic E-state index is 13.4. The summed E-state index contributed by atoms with van der Waals surface area (Å²) in [4.78, 5) is 37.3. The number of rotatable bonds is 10. The third-order valence-electron chi connectivity index (χ3n) is 6.81. The topological polar surface area (TPSA) is 123 Å². The summed E-state index contributed by atoms with van der Waals surface area (Å²) in [6, 6.07) is 16.0. The van der Waals surface area contributed by atoms with Crippen molar-refractivity contribution >= 4 is 39.2 Å². The summed E-state index contributed by atoms with van der Waals surface area (Å²) < 4.78 is 6.69. The second-order valence-corrected chi connectivity index (χ2v) is 13.5. The molecule has 1 aliphatic heterocycles. The van der Waals surface area contributed by atoms with Crippen LogP contribution in [0.1, 0.15) is 48.6 Å². The van der Waals surface area contributed by atoms with E-state index in [0.29, 0.717) is 32.4 Å². The fourth-order valence-electron chi connectivity index (χ4n) is 4.80. The monoisotopic (exact) mass is 605 g/mol. The van der Waals surface area contributed by atoms with Gasteiger partial charge in [-0.3, -0.25) is 0 Å². The molecule has 8 nitrogen and oxygen atoms in total. The van der Waals surface area contributed by atoms with Crippen LogP contribution in [0, 0.1) is 0 Å². The van der Waals surface area contributed by atoms with Gasteiger partial charge in [0.05, 0.1) is 0 Å². The van der Waals surface area contributed by atoms with Crippen LogP contribution >= 0.6 is 11.6 Å². The van der Waals surface area contributed by atoms with E-state index in [-0.39, 0.29) is 12.3 Å². The molecule has 10 heteroatoms.